The van der Waals surface area contributed by atoms with Crippen LogP contribution in [0.1, 0.15) is 15.9 Å². The van der Waals surface area contributed by atoms with Gasteiger partial charge in [-0.1, -0.05) is 0 Å². The minimum atomic E-state index is -3.01. The summed E-state index contributed by atoms with van der Waals surface area (Å²) < 4.78 is 24.2. The third-order valence-electron chi connectivity index (χ3n) is 2.85. The molecular weight excluding hydrogens is 455 g/mol. The van der Waals surface area contributed by atoms with Crippen LogP contribution in [0.3, 0.4) is 0 Å². The molecule has 0 amide bonds. The van der Waals surface area contributed by atoms with Gasteiger partial charge in [0.25, 0.3) is 0 Å². The number of benzene rings is 1. The number of aliphatic carboxylic acids is 1. The predicted octanol–water partition coefficient (Wildman–Crippen LogP) is 0.0814. The molecular formula is C11H11AtFNO5. The van der Waals surface area contributed by atoms with E-state index in [0.717, 1.165) is 6.07 Å². The van der Waals surface area contributed by atoms with Crippen LogP contribution >= 0.6 is 0 Å². The number of hydrogen-bond donors (Lipinski definition) is 3. The van der Waals surface area contributed by atoms with Crippen LogP contribution in [0, 0.1) is 27.9 Å². The second-order valence-corrected chi connectivity index (χ2v) is 10.1. The number of rotatable bonds is 3. The first kappa shape index (κ1) is 14.1. The predicted molar refractivity (Wildman–Crippen MR) is 58.8 cm³/mol. The van der Waals surface area contributed by atoms with Crippen LogP contribution in [0.25, 0.3) is 0 Å². The van der Waals surface area contributed by atoms with Gasteiger partial charge in [0.05, 0.1) is 0 Å². The number of carbonyl (C=O) groups is 2. The van der Waals surface area contributed by atoms with E-state index in [0.29, 0.717) is 8.83 Å². The number of methoxy groups -OCH3 is 1. The molecule has 6 nitrogen and oxygen atoms in total. The summed E-state index contributed by atoms with van der Waals surface area (Å²) in [7, 11) is 1.26. The molecule has 1 aliphatic heterocycles. The molecule has 0 fully saturated rings. The average Bonchev–Trinajstić information content (AvgIpc) is 2.66. The Balaban J connectivity index is 2.69. The standard InChI is InChI=1S/C11H11AtFNO5/c1-19-9-4-2-6(11(17)18)12(14)8(4)5(10(15)16)3-7(9)13/h3,6H,2,14H2,1H3,(H,15,16)(H,17,18). The van der Waals surface area contributed by atoms with Gasteiger partial charge in [-0.05, 0) is 0 Å². The van der Waals surface area contributed by atoms with Gasteiger partial charge in [-0.3, -0.25) is 0 Å². The Bertz CT molecular complexity index is 577. The van der Waals surface area contributed by atoms with Crippen molar-refractivity contribution in [1.82, 2.24) is 0 Å². The molecule has 104 valence electrons. The van der Waals surface area contributed by atoms with Crippen LogP contribution < -0.4 is 11.7 Å². The van der Waals surface area contributed by atoms with Crippen molar-refractivity contribution in [3.63, 3.8) is 0 Å². The van der Waals surface area contributed by atoms with Crippen molar-refractivity contribution < 1.29 is 51.0 Å². The van der Waals surface area contributed by atoms with Gasteiger partial charge in [-0.15, -0.1) is 0 Å². The summed E-state index contributed by atoms with van der Waals surface area (Å²) in [4.78, 5) is 22.3. The maximum absolute atomic E-state index is 13.8. The molecule has 0 bridgehead atoms. The van der Waals surface area contributed by atoms with E-state index in [4.69, 9.17) is 18.6 Å². The second-order valence-electron chi connectivity index (χ2n) is 3.89. The third kappa shape index (κ3) is 2.19. The van der Waals surface area contributed by atoms with Gasteiger partial charge in [0.15, 0.2) is 0 Å². The first-order valence-electron chi connectivity index (χ1n) is 5.16. The number of aromatic carboxylic acids is 1. The van der Waals surface area contributed by atoms with Gasteiger partial charge in [0, 0.05) is 0 Å². The number of nitrogens with two attached hydrogens (primary N) is 1. The van der Waals surface area contributed by atoms with E-state index >= 15 is 0 Å². The molecule has 0 saturated carbocycles. The van der Waals surface area contributed by atoms with Crippen LogP contribution in [-0.2, 0) is 11.2 Å². The van der Waals surface area contributed by atoms with E-state index < -0.39 is 43.4 Å². The molecule has 2 rings (SSSR count). The van der Waals surface area contributed by atoms with Crippen LogP contribution in [0.5, 0.6) is 5.75 Å². The average molecular weight is 466 g/mol. The molecule has 1 aliphatic rings. The number of carboxylic acids is 2. The van der Waals surface area contributed by atoms with Crippen LogP contribution in [0.4, 0.5) is 4.39 Å². The summed E-state index contributed by atoms with van der Waals surface area (Å²) in [5.74, 6) is -3.27. The van der Waals surface area contributed by atoms with E-state index in [1.807, 2.05) is 0 Å². The molecule has 4 N–H and O–H groups in total. The molecule has 0 saturated heterocycles. The SMILES string of the molecule is COc1c(F)cc(C(=O)O)c2c1CC(C(=O)O)[At]2N. The summed E-state index contributed by atoms with van der Waals surface area (Å²) in [6.45, 7) is 0. The van der Waals surface area contributed by atoms with E-state index in [2.05, 4.69) is 0 Å². The van der Waals surface area contributed by atoms with Crippen molar-refractivity contribution in [3.05, 3.63) is 23.0 Å². The first-order chi connectivity index (χ1) is 8.88. The van der Waals surface area contributed by atoms with Crippen molar-refractivity contribution >= 4 is 15.2 Å². The van der Waals surface area contributed by atoms with Crippen molar-refractivity contribution in [1.29, 1.82) is 0 Å². The molecule has 1 aromatic rings. The van der Waals surface area contributed by atoms with Crippen LogP contribution in [0.2, 0.25) is 3.63 Å². The molecule has 0 aliphatic carbocycles. The molecule has 0 radical (unpaired) electrons. The van der Waals surface area contributed by atoms with Gasteiger partial charge >= 0.3 is 116 Å². The van der Waals surface area contributed by atoms with Crippen molar-refractivity contribution in [2.24, 2.45) is 3.68 Å². The first-order valence-corrected chi connectivity index (χ1v) is 10.0. The Morgan fingerprint density at radius 2 is 2.16 bits per heavy atom. The van der Waals surface area contributed by atoms with E-state index in [1.54, 1.807) is 0 Å². The Labute approximate surface area is 116 Å². The number of fused-ring (bicyclic) bond motifs is 1. The quantitative estimate of drug-likeness (QED) is 0.583. The molecule has 1 unspecified atom stereocenters. The molecule has 1 heterocycles. The topological polar surface area (TPSA) is 110 Å². The number of carboxylic acid groups (broad SMARTS) is 2. The normalized spacial score (nSPS) is 19.1. The molecule has 0 aromatic heterocycles. The van der Waals surface area contributed by atoms with Gasteiger partial charge in [-0.2, -0.15) is 0 Å². The molecule has 0 spiro atoms. The number of ether oxygens (including phenoxy) is 1. The number of halogens is 1. The van der Waals surface area contributed by atoms with Gasteiger partial charge in [-0.25, -0.2) is 0 Å². The fourth-order valence-electron chi connectivity index (χ4n) is 2.05. The van der Waals surface area contributed by atoms with E-state index in [1.165, 1.54) is 7.11 Å². The fourth-order valence-corrected chi connectivity index (χ4v) is 8.20. The van der Waals surface area contributed by atoms with Gasteiger partial charge in [0.1, 0.15) is 0 Å². The Morgan fingerprint density at radius 3 is 2.63 bits per heavy atom. The summed E-state index contributed by atoms with van der Waals surface area (Å²) in [5, 5.41) is 18.2. The number of hydrogen-bond acceptors (Lipinski definition) is 4. The van der Waals surface area contributed by atoms with E-state index in [-0.39, 0.29) is 17.7 Å². The van der Waals surface area contributed by atoms with Gasteiger partial charge in [0.2, 0.25) is 0 Å². The monoisotopic (exact) mass is 466 g/mol. The van der Waals surface area contributed by atoms with Crippen molar-refractivity contribution in [3.8, 4) is 5.75 Å². The maximum atomic E-state index is 13.8. The Hall–Kier alpha value is -1.27. The summed E-state index contributed by atoms with van der Waals surface area (Å²) >= 11 is -3.01. The molecule has 19 heavy (non-hydrogen) atoms. The third-order valence-corrected chi connectivity index (χ3v) is 9.76. The fraction of sp³-hybridized carbons (Fsp3) is 0.273. The zero-order valence-electron chi connectivity index (χ0n) is 9.81. The molecule has 1 atom stereocenters. The molecule has 1 aromatic carbocycles. The summed E-state index contributed by atoms with van der Waals surface area (Å²) in [6, 6.07) is 0.856. The van der Waals surface area contributed by atoms with Gasteiger partial charge < -0.3 is 0 Å². The Kier molecular flexibility index (Phi) is 3.74. The zero-order chi connectivity index (χ0) is 14.3. The van der Waals surface area contributed by atoms with E-state index in [9.17, 15) is 14.0 Å². The molecule has 8 heteroatoms. The second kappa shape index (κ2) is 5.02. The van der Waals surface area contributed by atoms with Crippen LogP contribution in [-0.4, -0.2) is 29.3 Å². The van der Waals surface area contributed by atoms with Crippen molar-refractivity contribution in [2.75, 3.05) is 7.11 Å². The summed E-state index contributed by atoms with van der Waals surface area (Å²) in [5.41, 5.74) is 0.0714. The Morgan fingerprint density at radius 1 is 1.53 bits per heavy atom. The van der Waals surface area contributed by atoms with Crippen LogP contribution in [0.15, 0.2) is 6.07 Å². The van der Waals surface area contributed by atoms with Crippen molar-refractivity contribution in [2.45, 2.75) is 10.0 Å². The zero-order valence-corrected chi connectivity index (χ0v) is 12.8. The summed E-state index contributed by atoms with van der Waals surface area (Å²) in [6.07, 6.45) is 0.0337. The minimum absolute atomic E-state index is 0.0337.